The summed E-state index contributed by atoms with van der Waals surface area (Å²) in [6, 6.07) is 11.7. The number of nitrogens with two attached hydrogens (primary N) is 1. The smallest absolute Gasteiger partial charge is 0.133 e. The molecular weight excluding hydrogens is 322 g/mol. The molecule has 0 fully saturated rings. The summed E-state index contributed by atoms with van der Waals surface area (Å²) in [5.41, 5.74) is 10.8. The first-order chi connectivity index (χ1) is 12.5. The van der Waals surface area contributed by atoms with Gasteiger partial charge < -0.3 is 11.1 Å². The van der Waals surface area contributed by atoms with Crippen molar-refractivity contribution in [2.24, 2.45) is 10.7 Å². The van der Waals surface area contributed by atoms with Crippen molar-refractivity contribution < 1.29 is 0 Å². The highest BCUT2D eigenvalue weighted by atomic mass is 15.0. The lowest BCUT2D eigenvalue weighted by molar-refractivity contribution is 1.13. The Kier molecular flexibility index (Phi) is 5.08. The van der Waals surface area contributed by atoms with Gasteiger partial charge in [-0.2, -0.15) is 0 Å². The number of hydrogen-bond acceptors (Lipinski definition) is 4. The summed E-state index contributed by atoms with van der Waals surface area (Å²) >= 11 is 0. The second-order valence-electron chi connectivity index (χ2n) is 6.06. The van der Waals surface area contributed by atoms with Crippen molar-refractivity contribution in [1.29, 1.82) is 5.41 Å². The number of nitrogen functional groups attached to an aromatic ring is 1. The molecule has 1 aliphatic rings. The van der Waals surface area contributed by atoms with Gasteiger partial charge in [0.2, 0.25) is 0 Å². The van der Waals surface area contributed by atoms with E-state index < -0.39 is 0 Å². The van der Waals surface area contributed by atoms with Gasteiger partial charge in [0.15, 0.2) is 0 Å². The molecule has 0 radical (unpaired) electrons. The largest absolute Gasteiger partial charge is 0.384 e. The Morgan fingerprint density at radius 2 is 2.04 bits per heavy atom. The first-order valence-corrected chi connectivity index (χ1v) is 8.29. The van der Waals surface area contributed by atoms with Crippen LogP contribution in [0, 0.1) is 5.41 Å². The summed E-state index contributed by atoms with van der Waals surface area (Å²) in [5, 5.41) is 10.7. The molecule has 26 heavy (non-hydrogen) atoms. The highest BCUT2D eigenvalue weighted by Gasteiger charge is 2.08. The third kappa shape index (κ3) is 4.13. The Hall–Kier alpha value is -3.47. The average Bonchev–Trinajstić information content (AvgIpc) is 2.72. The maximum atomic E-state index is 7.46. The van der Waals surface area contributed by atoms with Crippen molar-refractivity contribution in [3.05, 3.63) is 89.8 Å². The normalized spacial score (nSPS) is 17.7. The van der Waals surface area contributed by atoms with Crippen LogP contribution < -0.4 is 11.1 Å². The van der Waals surface area contributed by atoms with E-state index in [1.807, 2.05) is 55.5 Å². The highest BCUT2D eigenvalue weighted by molar-refractivity contribution is 6.01. The van der Waals surface area contributed by atoms with E-state index in [1.54, 1.807) is 12.3 Å². The van der Waals surface area contributed by atoms with Gasteiger partial charge in [-0.1, -0.05) is 36.9 Å². The Labute approximate surface area is 153 Å². The lowest BCUT2D eigenvalue weighted by Gasteiger charge is -2.11. The van der Waals surface area contributed by atoms with Gasteiger partial charge in [-0.25, -0.2) is 0 Å². The lowest BCUT2D eigenvalue weighted by atomic mass is 10.1. The second kappa shape index (κ2) is 7.61. The summed E-state index contributed by atoms with van der Waals surface area (Å²) in [6.07, 6.45) is 7.66. The third-order valence-electron chi connectivity index (χ3n) is 3.92. The summed E-state index contributed by atoms with van der Waals surface area (Å²) in [5.74, 6) is 0.782. The molecule has 3 rings (SSSR count). The van der Waals surface area contributed by atoms with Crippen molar-refractivity contribution in [2.75, 3.05) is 6.54 Å². The van der Waals surface area contributed by atoms with E-state index >= 15 is 0 Å². The van der Waals surface area contributed by atoms with Crippen LogP contribution >= 0.6 is 0 Å². The Morgan fingerprint density at radius 1 is 1.23 bits per heavy atom. The van der Waals surface area contributed by atoms with Crippen LogP contribution in [0.15, 0.2) is 83.7 Å². The van der Waals surface area contributed by atoms with Crippen LogP contribution in [0.2, 0.25) is 0 Å². The number of amidine groups is 2. The van der Waals surface area contributed by atoms with Gasteiger partial charge in [0.1, 0.15) is 11.7 Å². The molecule has 0 atom stereocenters. The Balaban J connectivity index is 1.92. The number of nitrogens with zero attached hydrogens (tertiary/aromatic N) is 2. The number of pyridine rings is 1. The fourth-order valence-corrected chi connectivity index (χ4v) is 2.65. The molecule has 1 aromatic heterocycles. The first kappa shape index (κ1) is 17.4. The fraction of sp³-hybridized carbons (Fsp3) is 0.0952. The van der Waals surface area contributed by atoms with Gasteiger partial charge >= 0.3 is 0 Å². The minimum atomic E-state index is 0.0110. The SMILES string of the molecule is C=C1/C=C(C)\C=C/CN=C(c2cccc(-c3ccc(C(=N)N)cn3)c2)N1. The lowest BCUT2D eigenvalue weighted by Crippen LogP contribution is -2.23. The molecule has 0 amide bonds. The zero-order valence-corrected chi connectivity index (χ0v) is 14.7. The monoisotopic (exact) mass is 343 g/mol. The van der Waals surface area contributed by atoms with E-state index in [1.165, 1.54) is 0 Å². The number of nitrogens with one attached hydrogen (secondary N) is 2. The van der Waals surface area contributed by atoms with E-state index in [2.05, 4.69) is 21.9 Å². The first-order valence-electron chi connectivity index (χ1n) is 8.29. The molecule has 2 heterocycles. The van der Waals surface area contributed by atoms with Crippen LogP contribution in [0.3, 0.4) is 0 Å². The molecule has 0 spiro atoms. The van der Waals surface area contributed by atoms with Crippen LogP contribution in [-0.4, -0.2) is 23.2 Å². The van der Waals surface area contributed by atoms with E-state index in [4.69, 9.17) is 11.1 Å². The highest BCUT2D eigenvalue weighted by Crippen LogP contribution is 2.19. The van der Waals surface area contributed by atoms with Crippen LogP contribution in [0.4, 0.5) is 0 Å². The molecule has 0 saturated heterocycles. The van der Waals surface area contributed by atoms with Gasteiger partial charge in [0.05, 0.1) is 12.2 Å². The van der Waals surface area contributed by atoms with Crippen LogP contribution in [0.1, 0.15) is 18.1 Å². The molecule has 5 heteroatoms. The van der Waals surface area contributed by atoms with Crippen LogP contribution in [-0.2, 0) is 0 Å². The van der Waals surface area contributed by atoms with E-state index in [9.17, 15) is 0 Å². The van der Waals surface area contributed by atoms with Crippen LogP contribution in [0.25, 0.3) is 11.3 Å². The molecule has 4 N–H and O–H groups in total. The number of hydrogen-bond donors (Lipinski definition) is 3. The van der Waals surface area contributed by atoms with Crippen molar-refractivity contribution in [3.8, 4) is 11.3 Å². The van der Waals surface area contributed by atoms with E-state index in [0.717, 1.165) is 33.9 Å². The predicted octanol–water partition coefficient (Wildman–Crippen LogP) is 3.40. The standard InChI is InChI=1S/C21H21N5/c1-14-5-4-10-24-21(26-15(2)11-14)17-7-3-6-16(12-17)19-9-8-18(13-25-19)20(22)23/h3-9,11-13H,2,10H2,1H3,(H3,22,23)(H,24,26)/b5-4-,14-11-. The molecule has 2 aromatic rings. The van der Waals surface area contributed by atoms with Crippen molar-refractivity contribution in [3.63, 3.8) is 0 Å². The Morgan fingerprint density at radius 3 is 2.77 bits per heavy atom. The molecule has 130 valence electrons. The topological polar surface area (TPSA) is 87.2 Å². The number of aliphatic imine (C=N–C) groups is 1. The quantitative estimate of drug-likeness (QED) is 0.589. The molecule has 1 aromatic carbocycles. The zero-order chi connectivity index (χ0) is 18.5. The van der Waals surface area contributed by atoms with Crippen molar-refractivity contribution in [1.82, 2.24) is 10.3 Å². The van der Waals surface area contributed by atoms with Crippen molar-refractivity contribution >= 4 is 11.7 Å². The number of benzene rings is 1. The van der Waals surface area contributed by atoms with Crippen molar-refractivity contribution in [2.45, 2.75) is 6.92 Å². The minimum absolute atomic E-state index is 0.0110. The summed E-state index contributed by atoms with van der Waals surface area (Å²) in [7, 11) is 0. The van der Waals surface area contributed by atoms with E-state index in [0.29, 0.717) is 12.1 Å². The maximum Gasteiger partial charge on any atom is 0.133 e. The number of rotatable bonds is 3. The Bertz CT molecular complexity index is 933. The molecule has 0 bridgehead atoms. The molecule has 5 nitrogen and oxygen atoms in total. The van der Waals surface area contributed by atoms with Gasteiger partial charge in [-0.3, -0.25) is 15.4 Å². The number of aromatic nitrogens is 1. The molecule has 1 aliphatic heterocycles. The third-order valence-corrected chi connectivity index (χ3v) is 3.92. The zero-order valence-electron chi connectivity index (χ0n) is 14.7. The fourth-order valence-electron chi connectivity index (χ4n) is 2.65. The molecule has 0 aliphatic carbocycles. The van der Waals surface area contributed by atoms with Gasteiger partial charge in [0, 0.05) is 28.6 Å². The second-order valence-corrected chi connectivity index (χ2v) is 6.06. The number of allylic oxidation sites excluding steroid dienone is 3. The summed E-state index contributed by atoms with van der Waals surface area (Å²) in [4.78, 5) is 9.04. The van der Waals surface area contributed by atoms with Gasteiger partial charge in [-0.15, -0.1) is 0 Å². The average molecular weight is 343 g/mol. The minimum Gasteiger partial charge on any atom is -0.384 e. The molecule has 0 saturated carbocycles. The van der Waals surface area contributed by atoms with Gasteiger partial charge in [-0.05, 0) is 36.8 Å². The molecule has 0 unspecified atom stereocenters. The summed E-state index contributed by atoms with van der Waals surface area (Å²) < 4.78 is 0. The van der Waals surface area contributed by atoms with E-state index in [-0.39, 0.29) is 5.84 Å². The van der Waals surface area contributed by atoms with Gasteiger partial charge in [0.25, 0.3) is 0 Å². The predicted molar refractivity (Wildman–Crippen MR) is 107 cm³/mol. The molecular formula is C21H21N5. The maximum absolute atomic E-state index is 7.46. The summed E-state index contributed by atoms with van der Waals surface area (Å²) in [6.45, 7) is 6.67. The van der Waals surface area contributed by atoms with Crippen LogP contribution in [0.5, 0.6) is 0 Å².